The highest BCUT2D eigenvalue weighted by molar-refractivity contribution is 7.00. The highest BCUT2D eigenvalue weighted by atomic mass is 16.3. The number of nitrogens with zero attached hydrogens (tertiary/aromatic N) is 1. The van der Waals surface area contributed by atoms with Crippen LogP contribution in [0.4, 0.5) is 17.1 Å². The van der Waals surface area contributed by atoms with E-state index in [0.29, 0.717) is 0 Å². The zero-order valence-electron chi connectivity index (χ0n) is 28.6. The lowest BCUT2D eigenvalue weighted by Gasteiger charge is -2.43. The van der Waals surface area contributed by atoms with Gasteiger partial charge in [0.1, 0.15) is 17.8 Å². The molecule has 4 heteroatoms. The van der Waals surface area contributed by atoms with Crippen molar-refractivity contribution in [3.8, 4) is 22.3 Å². The lowest BCUT2D eigenvalue weighted by atomic mass is 9.39. The highest BCUT2D eigenvalue weighted by Crippen LogP contribution is 2.58. The van der Waals surface area contributed by atoms with Gasteiger partial charge in [0.15, 0.2) is 0 Å². The molecule has 3 nitrogen and oxygen atoms in total. The molecule has 0 unspecified atom stereocenters. The van der Waals surface area contributed by atoms with Crippen LogP contribution in [-0.4, -0.2) is 6.71 Å². The summed E-state index contributed by atoms with van der Waals surface area (Å²) in [4.78, 5) is 2.59. The minimum absolute atomic E-state index is 0.0150. The molecule has 0 bridgehead atoms. The third-order valence-corrected chi connectivity index (χ3v) is 12.1. The van der Waals surface area contributed by atoms with Crippen LogP contribution in [0.1, 0.15) is 104 Å². The fourth-order valence-electron chi connectivity index (χ4n) is 9.37. The lowest BCUT2D eigenvalue weighted by molar-refractivity contribution is 0.278. The number of rotatable bonds is 2. The lowest BCUT2D eigenvalue weighted by Crippen LogP contribution is -2.54. The van der Waals surface area contributed by atoms with Crippen molar-refractivity contribution in [1.29, 1.82) is 0 Å². The molecule has 0 amide bonds. The normalized spacial score (nSPS) is 20.4. The van der Waals surface area contributed by atoms with Crippen LogP contribution in [0.15, 0.2) is 81.8 Å². The summed E-state index contributed by atoms with van der Waals surface area (Å²) in [5.41, 5.74) is 15.3. The Hall–Kier alpha value is -3.92. The third kappa shape index (κ3) is 3.56. The predicted molar refractivity (Wildman–Crippen MR) is 192 cm³/mol. The molecular formula is C42H44BNO2. The van der Waals surface area contributed by atoms with Gasteiger partial charge in [0.2, 0.25) is 0 Å². The molecule has 0 saturated carbocycles. The van der Waals surface area contributed by atoms with Crippen molar-refractivity contribution in [3.63, 3.8) is 0 Å². The summed E-state index contributed by atoms with van der Waals surface area (Å²) in [5, 5.41) is 0. The van der Waals surface area contributed by atoms with Gasteiger partial charge in [-0.05, 0) is 70.3 Å². The van der Waals surface area contributed by atoms with Crippen LogP contribution in [0.2, 0.25) is 0 Å². The predicted octanol–water partition coefficient (Wildman–Crippen LogP) is 9.52. The van der Waals surface area contributed by atoms with E-state index in [1.807, 2.05) is 0 Å². The number of furan rings is 2. The van der Waals surface area contributed by atoms with Gasteiger partial charge in [0, 0.05) is 27.6 Å². The maximum absolute atomic E-state index is 7.37. The van der Waals surface area contributed by atoms with Crippen molar-refractivity contribution >= 4 is 40.4 Å². The van der Waals surface area contributed by atoms with Crippen LogP contribution in [0.3, 0.4) is 0 Å². The van der Waals surface area contributed by atoms with Gasteiger partial charge in [-0.2, -0.15) is 0 Å². The van der Waals surface area contributed by atoms with E-state index < -0.39 is 0 Å². The van der Waals surface area contributed by atoms with E-state index in [1.165, 1.54) is 61.4 Å². The van der Waals surface area contributed by atoms with Crippen LogP contribution in [-0.2, 0) is 21.7 Å². The van der Waals surface area contributed by atoms with Crippen LogP contribution >= 0.6 is 0 Å². The Labute approximate surface area is 274 Å². The summed E-state index contributed by atoms with van der Waals surface area (Å²) < 4.78 is 14.1. The minimum Gasteiger partial charge on any atom is -0.472 e. The van der Waals surface area contributed by atoms with Gasteiger partial charge in [-0.1, -0.05) is 122 Å². The SMILES string of the molecule is CC1(C)CCC(C)(C)c2c(N3c4ccc(-c5ccccc5)c5c4B(c4ccccc4-5)c4oc5c(c43)C(C)(C)CCC5(C)C)coc21. The van der Waals surface area contributed by atoms with Crippen LogP contribution in [0.5, 0.6) is 0 Å². The summed E-state index contributed by atoms with van der Waals surface area (Å²) in [7, 11) is 0. The standard InChI is InChI=1S/C42H44BNO2/c1-39(2)20-22-41(5,6)36-32(39)30(24-45-36)44-29-19-18-26(25-14-10-9-11-15-25)31-27-16-12-13-17-28(27)43(34(29)31)38-35(44)33-37(46-38)42(7,8)23-21-40(33,3)4/h9-19,24H,20-23H2,1-8H3. The summed E-state index contributed by atoms with van der Waals surface area (Å²) in [6.07, 6.45) is 6.55. The second kappa shape index (κ2) is 8.91. The Kier molecular flexibility index (Phi) is 5.48. The maximum atomic E-state index is 7.37. The maximum Gasteiger partial charge on any atom is 0.293 e. The number of fused-ring (bicyclic) bond motifs is 8. The van der Waals surface area contributed by atoms with Crippen LogP contribution in [0, 0.1) is 0 Å². The zero-order valence-corrected chi connectivity index (χ0v) is 28.6. The van der Waals surface area contributed by atoms with Crippen LogP contribution < -0.4 is 21.5 Å². The number of hydrogen-bond acceptors (Lipinski definition) is 3. The van der Waals surface area contributed by atoms with Gasteiger partial charge in [0.25, 0.3) is 6.71 Å². The summed E-state index contributed by atoms with van der Waals surface area (Å²) >= 11 is 0. The minimum atomic E-state index is -0.0483. The summed E-state index contributed by atoms with van der Waals surface area (Å²) in [6, 6.07) is 24.7. The Balaban J connectivity index is 1.43. The second-order valence-electron chi connectivity index (χ2n) is 17.0. The second-order valence-corrected chi connectivity index (χ2v) is 17.0. The number of benzene rings is 3. The van der Waals surface area contributed by atoms with Crippen LogP contribution in [0.25, 0.3) is 22.3 Å². The quantitative estimate of drug-likeness (QED) is 0.184. The third-order valence-electron chi connectivity index (χ3n) is 12.1. The number of anilines is 3. The molecule has 0 saturated heterocycles. The Morgan fingerprint density at radius 2 is 1.24 bits per heavy atom. The molecule has 0 atom stereocenters. The average molecular weight is 606 g/mol. The molecule has 2 aliphatic heterocycles. The number of hydrogen-bond donors (Lipinski definition) is 0. The Morgan fingerprint density at radius 1 is 0.609 bits per heavy atom. The Bertz CT molecular complexity index is 2070. The average Bonchev–Trinajstić information content (AvgIpc) is 3.74. The van der Waals surface area contributed by atoms with Gasteiger partial charge in [0.05, 0.1) is 17.0 Å². The topological polar surface area (TPSA) is 29.5 Å². The first kappa shape index (κ1) is 28.3. The van der Waals surface area contributed by atoms with E-state index in [9.17, 15) is 0 Å². The monoisotopic (exact) mass is 605 g/mol. The molecular weight excluding hydrogens is 561 g/mol. The first-order chi connectivity index (χ1) is 21.8. The molecule has 5 aromatic rings. The van der Waals surface area contributed by atoms with Gasteiger partial charge >= 0.3 is 0 Å². The zero-order chi connectivity index (χ0) is 32.0. The molecule has 2 aromatic heterocycles. The van der Waals surface area contributed by atoms with E-state index in [0.717, 1.165) is 42.9 Å². The van der Waals surface area contributed by atoms with Crippen molar-refractivity contribution in [2.75, 3.05) is 4.90 Å². The molecule has 46 heavy (non-hydrogen) atoms. The first-order valence-electron chi connectivity index (χ1n) is 17.2. The molecule has 3 aromatic carbocycles. The van der Waals surface area contributed by atoms with E-state index >= 15 is 0 Å². The van der Waals surface area contributed by atoms with Crippen molar-refractivity contribution < 1.29 is 8.83 Å². The summed E-state index contributed by atoms with van der Waals surface area (Å²) in [5.74, 6) is 2.30. The molecule has 0 spiro atoms. The van der Waals surface area contributed by atoms with Gasteiger partial charge < -0.3 is 13.7 Å². The fraction of sp³-hybridized carbons (Fsp3) is 0.381. The molecule has 232 valence electrons. The summed E-state index contributed by atoms with van der Waals surface area (Å²) in [6.45, 7) is 19.2. The largest absolute Gasteiger partial charge is 0.472 e. The van der Waals surface area contributed by atoms with E-state index in [-0.39, 0.29) is 28.4 Å². The molecule has 0 fully saturated rings. The Morgan fingerprint density at radius 3 is 1.98 bits per heavy atom. The fourth-order valence-corrected chi connectivity index (χ4v) is 9.37. The smallest absolute Gasteiger partial charge is 0.293 e. The molecule has 9 rings (SSSR count). The van der Waals surface area contributed by atoms with E-state index in [4.69, 9.17) is 8.83 Å². The van der Waals surface area contributed by atoms with Crippen molar-refractivity contribution in [2.24, 2.45) is 0 Å². The van der Waals surface area contributed by atoms with Gasteiger partial charge in [-0.25, -0.2) is 0 Å². The first-order valence-corrected chi connectivity index (χ1v) is 17.2. The van der Waals surface area contributed by atoms with Crippen molar-refractivity contribution in [3.05, 3.63) is 95.6 Å². The highest BCUT2D eigenvalue weighted by Gasteiger charge is 2.54. The molecule has 2 aliphatic carbocycles. The van der Waals surface area contributed by atoms with E-state index in [1.54, 1.807) is 0 Å². The molecule has 4 aliphatic rings. The molecule has 0 N–H and O–H groups in total. The van der Waals surface area contributed by atoms with E-state index in [2.05, 4.69) is 133 Å². The molecule has 4 heterocycles. The van der Waals surface area contributed by atoms with Gasteiger partial charge in [-0.3, -0.25) is 0 Å². The van der Waals surface area contributed by atoms with Gasteiger partial charge in [-0.15, -0.1) is 0 Å². The van der Waals surface area contributed by atoms with Crippen molar-refractivity contribution in [1.82, 2.24) is 0 Å². The molecule has 0 radical (unpaired) electrons. The van der Waals surface area contributed by atoms with Crippen molar-refractivity contribution in [2.45, 2.75) is 103 Å².